The summed E-state index contributed by atoms with van der Waals surface area (Å²) in [4.78, 5) is 28.2. The van der Waals surface area contributed by atoms with Crippen molar-refractivity contribution in [2.75, 3.05) is 5.32 Å². The molecule has 20 heavy (non-hydrogen) atoms. The molecule has 106 valence electrons. The van der Waals surface area contributed by atoms with Crippen molar-refractivity contribution in [3.63, 3.8) is 0 Å². The molecule has 2 amide bonds. The molecule has 1 saturated heterocycles. The van der Waals surface area contributed by atoms with Crippen LogP contribution in [0.15, 0.2) is 24.5 Å². The van der Waals surface area contributed by atoms with Crippen molar-refractivity contribution >= 4 is 17.5 Å². The van der Waals surface area contributed by atoms with Crippen molar-refractivity contribution in [1.29, 1.82) is 0 Å². The number of nitrogens with one attached hydrogen (secondary N) is 2. The molecule has 1 saturated carbocycles. The maximum Gasteiger partial charge on any atom is 0.228 e. The first-order chi connectivity index (χ1) is 9.74. The maximum absolute atomic E-state index is 12.5. The van der Waals surface area contributed by atoms with Crippen LogP contribution in [0.1, 0.15) is 32.1 Å². The van der Waals surface area contributed by atoms with Gasteiger partial charge in [0.25, 0.3) is 0 Å². The number of pyridine rings is 1. The van der Waals surface area contributed by atoms with E-state index < -0.39 is 0 Å². The largest absolute Gasteiger partial charge is 0.353 e. The molecule has 1 aromatic heterocycles. The van der Waals surface area contributed by atoms with Crippen LogP contribution in [0.4, 0.5) is 5.69 Å². The van der Waals surface area contributed by atoms with E-state index >= 15 is 0 Å². The smallest absolute Gasteiger partial charge is 0.228 e. The number of carbonyl (C=O) groups is 2. The Morgan fingerprint density at radius 1 is 1.25 bits per heavy atom. The first-order valence-corrected chi connectivity index (χ1v) is 7.24. The molecule has 2 aliphatic rings. The van der Waals surface area contributed by atoms with Gasteiger partial charge in [-0.05, 0) is 30.9 Å². The van der Waals surface area contributed by atoms with E-state index in [1.165, 1.54) is 0 Å². The number of anilines is 1. The average molecular weight is 273 g/mol. The van der Waals surface area contributed by atoms with Crippen molar-refractivity contribution < 1.29 is 9.59 Å². The summed E-state index contributed by atoms with van der Waals surface area (Å²) in [5, 5.41) is 5.94. The quantitative estimate of drug-likeness (QED) is 0.861. The van der Waals surface area contributed by atoms with Crippen LogP contribution < -0.4 is 10.6 Å². The van der Waals surface area contributed by atoms with Gasteiger partial charge in [0.15, 0.2) is 0 Å². The number of aromatic nitrogens is 1. The van der Waals surface area contributed by atoms with Gasteiger partial charge in [-0.25, -0.2) is 0 Å². The fourth-order valence-electron chi connectivity index (χ4n) is 3.39. The molecule has 2 fully saturated rings. The molecule has 0 bridgehead atoms. The second kappa shape index (κ2) is 5.61. The van der Waals surface area contributed by atoms with Crippen LogP contribution in [0, 0.1) is 11.8 Å². The van der Waals surface area contributed by atoms with Gasteiger partial charge in [0.2, 0.25) is 11.8 Å². The summed E-state index contributed by atoms with van der Waals surface area (Å²) in [6.45, 7) is 0. The number of hydrogen-bond donors (Lipinski definition) is 2. The molecule has 1 aliphatic heterocycles. The summed E-state index contributed by atoms with van der Waals surface area (Å²) in [5.41, 5.74) is 0.739. The molecule has 5 heteroatoms. The van der Waals surface area contributed by atoms with E-state index in [1.54, 1.807) is 24.5 Å². The topological polar surface area (TPSA) is 71.1 Å². The summed E-state index contributed by atoms with van der Waals surface area (Å²) in [6.07, 6.45) is 7.91. The lowest BCUT2D eigenvalue weighted by Gasteiger charge is -2.40. The third kappa shape index (κ3) is 2.66. The Morgan fingerprint density at radius 3 is 2.80 bits per heavy atom. The average Bonchev–Trinajstić information content (AvgIpc) is 2.47. The second-order valence-electron chi connectivity index (χ2n) is 5.66. The van der Waals surface area contributed by atoms with Crippen LogP contribution in [-0.2, 0) is 9.59 Å². The van der Waals surface area contributed by atoms with Crippen LogP contribution in [0.5, 0.6) is 0 Å². The minimum Gasteiger partial charge on any atom is -0.353 e. The normalized spacial score (nSPS) is 29.2. The predicted octanol–water partition coefficient (Wildman–Crippen LogP) is 1.71. The van der Waals surface area contributed by atoms with Gasteiger partial charge in [0.1, 0.15) is 0 Å². The molecule has 1 aromatic rings. The first kappa shape index (κ1) is 13.1. The van der Waals surface area contributed by atoms with Crippen molar-refractivity contribution in [2.45, 2.75) is 38.1 Å². The Hall–Kier alpha value is -1.91. The summed E-state index contributed by atoms with van der Waals surface area (Å²) < 4.78 is 0. The molecule has 1 aliphatic carbocycles. The molecular weight excluding hydrogens is 254 g/mol. The Bertz CT molecular complexity index is 503. The van der Waals surface area contributed by atoms with Crippen LogP contribution in [0.2, 0.25) is 0 Å². The van der Waals surface area contributed by atoms with Gasteiger partial charge in [-0.15, -0.1) is 0 Å². The summed E-state index contributed by atoms with van der Waals surface area (Å²) in [5.74, 6) is 0.0384. The van der Waals surface area contributed by atoms with Crippen molar-refractivity contribution in [2.24, 2.45) is 11.8 Å². The van der Waals surface area contributed by atoms with Gasteiger partial charge >= 0.3 is 0 Å². The molecule has 0 spiro atoms. The highest BCUT2D eigenvalue weighted by Gasteiger charge is 2.41. The molecule has 3 atom stereocenters. The van der Waals surface area contributed by atoms with Gasteiger partial charge in [-0.2, -0.15) is 0 Å². The van der Waals surface area contributed by atoms with Crippen LogP contribution in [0.25, 0.3) is 0 Å². The highest BCUT2D eigenvalue weighted by atomic mass is 16.2. The molecule has 2 N–H and O–H groups in total. The lowest BCUT2D eigenvalue weighted by atomic mass is 9.72. The van der Waals surface area contributed by atoms with Gasteiger partial charge < -0.3 is 10.6 Å². The van der Waals surface area contributed by atoms with Crippen LogP contribution in [0.3, 0.4) is 0 Å². The first-order valence-electron chi connectivity index (χ1n) is 7.24. The minimum atomic E-state index is -0.206. The van der Waals surface area contributed by atoms with E-state index in [1.807, 2.05) is 0 Å². The number of amides is 2. The minimum absolute atomic E-state index is 0.00280. The number of fused-ring (bicyclic) bond motifs is 1. The summed E-state index contributed by atoms with van der Waals surface area (Å²) in [7, 11) is 0. The lowest BCUT2D eigenvalue weighted by molar-refractivity contribution is -0.134. The Kier molecular flexibility index (Phi) is 3.67. The number of rotatable bonds is 2. The van der Waals surface area contributed by atoms with E-state index in [0.717, 1.165) is 31.4 Å². The fourth-order valence-corrected chi connectivity index (χ4v) is 3.39. The SMILES string of the molecule is O=C1CC(C(=O)Nc2ccncc2)C2CCCCC2N1. The van der Waals surface area contributed by atoms with E-state index in [9.17, 15) is 9.59 Å². The fraction of sp³-hybridized carbons (Fsp3) is 0.533. The number of hydrogen-bond acceptors (Lipinski definition) is 3. The van der Waals surface area contributed by atoms with Gasteiger partial charge in [0.05, 0.1) is 5.92 Å². The van der Waals surface area contributed by atoms with Crippen LogP contribution in [-0.4, -0.2) is 22.8 Å². The van der Waals surface area contributed by atoms with Crippen molar-refractivity contribution in [3.05, 3.63) is 24.5 Å². The van der Waals surface area contributed by atoms with Crippen molar-refractivity contribution in [3.8, 4) is 0 Å². The van der Waals surface area contributed by atoms with E-state index in [-0.39, 0.29) is 29.7 Å². The summed E-state index contributed by atoms with van der Waals surface area (Å²) >= 11 is 0. The molecule has 0 radical (unpaired) electrons. The third-order valence-electron chi connectivity index (χ3n) is 4.37. The highest BCUT2D eigenvalue weighted by molar-refractivity contribution is 5.96. The number of piperidine rings is 1. The van der Waals surface area contributed by atoms with E-state index in [2.05, 4.69) is 15.6 Å². The van der Waals surface area contributed by atoms with Crippen molar-refractivity contribution in [1.82, 2.24) is 10.3 Å². The lowest BCUT2D eigenvalue weighted by Crippen LogP contribution is -2.53. The number of nitrogens with zero attached hydrogens (tertiary/aromatic N) is 1. The zero-order valence-electron chi connectivity index (χ0n) is 11.3. The third-order valence-corrected chi connectivity index (χ3v) is 4.37. The van der Waals surface area contributed by atoms with Gasteiger partial charge in [0, 0.05) is 30.5 Å². The predicted molar refractivity (Wildman–Crippen MR) is 74.9 cm³/mol. The molecule has 2 heterocycles. The molecule has 3 rings (SSSR count). The number of carbonyl (C=O) groups excluding carboxylic acids is 2. The Labute approximate surface area is 118 Å². The maximum atomic E-state index is 12.5. The second-order valence-corrected chi connectivity index (χ2v) is 5.66. The summed E-state index contributed by atoms with van der Waals surface area (Å²) in [6, 6.07) is 3.70. The van der Waals surface area contributed by atoms with E-state index in [0.29, 0.717) is 6.42 Å². The van der Waals surface area contributed by atoms with E-state index in [4.69, 9.17) is 0 Å². The monoisotopic (exact) mass is 273 g/mol. The molecule has 5 nitrogen and oxygen atoms in total. The molecular formula is C15H19N3O2. The Morgan fingerprint density at radius 2 is 2.00 bits per heavy atom. The van der Waals surface area contributed by atoms with Gasteiger partial charge in [-0.3, -0.25) is 14.6 Å². The zero-order chi connectivity index (χ0) is 13.9. The van der Waals surface area contributed by atoms with Gasteiger partial charge in [-0.1, -0.05) is 12.8 Å². The molecule has 3 unspecified atom stereocenters. The highest BCUT2D eigenvalue weighted by Crippen LogP contribution is 2.35. The Balaban J connectivity index is 1.73. The molecule has 0 aromatic carbocycles. The van der Waals surface area contributed by atoms with Crippen LogP contribution >= 0.6 is 0 Å². The zero-order valence-corrected chi connectivity index (χ0v) is 11.3. The standard InChI is InChI=1S/C15H19N3O2/c19-14-9-12(11-3-1-2-4-13(11)18-14)15(20)17-10-5-7-16-8-6-10/h5-8,11-13H,1-4,9H2,(H,18,19)(H,16,17,20).